The first kappa shape index (κ1) is 19.9. The Morgan fingerprint density at radius 1 is 1.29 bits per heavy atom. The third kappa shape index (κ3) is 4.16. The van der Waals surface area contributed by atoms with Crippen molar-refractivity contribution in [3.8, 4) is 5.75 Å². The Morgan fingerprint density at radius 2 is 2.00 bits per heavy atom. The molecule has 0 spiro atoms. The van der Waals surface area contributed by atoms with Crippen LogP contribution < -0.4 is 4.74 Å². The van der Waals surface area contributed by atoms with Crippen LogP contribution in [0.4, 0.5) is 10.5 Å². The zero-order valence-corrected chi connectivity index (χ0v) is 16.1. The number of hydrogen-bond acceptors (Lipinski definition) is 7. The van der Waals surface area contributed by atoms with Crippen LogP contribution in [0.15, 0.2) is 23.1 Å². The third-order valence-corrected chi connectivity index (χ3v) is 5.48. The van der Waals surface area contributed by atoms with Gasteiger partial charge in [0.15, 0.2) is 5.75 Å². The van der Waals surface area contributed by atoms with Gasteiger partial charge in [-0.3, -0.25) is 29.4 Å². The van der Waals surface area contributed by atoms with Gasteiger partial charge in [0.25, 0.3) is 11.1 Å². The van der Waals surface area contributed by atoms with Crippen LogP contribution in [0.1, 0.15) is 24.8 Å². The molecule has 2 aliphatic rings. The molecule has 1 aromatic carbocycles. The van der Waals surface area contributed by atoms with Crippen molar-refractivity contribution in [3.63, 3.8) is 0 Å². The number of hydrogen-bond donors (Lipinski definition) is 0. The summed E-state index contributed by atoms with van der Waals surface area (Å²) in [5, 5.41) is 10.6. The summed E-state index contributed by atoms with van der Waals surface area (Å²) >= 11 is 0.716. The van der Waals surface area contributed by atoms with E-state index in [1.54, 1.807) is 11.0 Å². The van der Waals surface area contributed by atoms with Gasteiger partial charge in [0.05, 0.1) is 16.9 Å². The minimum atomic E-state index is -0.584. The molecule has 3 amide bonds. The summed E-state index contributed by atoms with van der Waals surface area (Å²) in [5.74, 6) is -0.718. The SMILES string of the molecule is COc1ccc(/C=C2/SC(=O)N(CC(=O)N3CCCCC3)C2=O)cc1[N+](=O)[O-]. The van der Waals surface area contributed by atoms with Crippen LogP contribution in [0.2, 0.25) is 0 Å². The molecule has 9 nitrogen and oxygen atoms in total. The van der Waals surface area contributed by atoms with Gasteiger partial charge in [-0.15, -0.1) is 0 Å². The van der Waals surface area contributed by atoms with Gasteiger partial charge in [-0.2, -0.15) is 0 Å². The molecule has 3 rings (SSSR count). The van der Waals surface area contributed by atoms with Crippen LogP contribution in [-0.2, 0) is 9.59 Å². The van der Waals surface area contributed by atoms with E-state index in [9.17, 15) is 24.5 Å². The van der Waals surface area contributed by atoms with Crippen LogP contribution >= 0.6 is 11.8 Å². The zero-order chi connectivity index (χ0) is 20.3. The summed E-state index contributed by atoms with van der Waals surface area (Å²) in [6.07, 6.45) is 4.32. The number of carbonyl (C=O) groups excluding carboxylic acids is 3. The van der Waals surface area contributed by atoms with E-state index in [-0.39, 0.29) is 28.8 Å². The number of piperidine rings is 1. The van der Waals surface area contributed by atoms with Gasteiger partial charge in [0, 0.05) is 19.2 Å². The molecular weight excluding hydrogens is 386 g/mol. The van der Waals surface area contributed by atoms with Crippen molar-refractivity contribution in [2.24, 2.45) is 0 Å². The molecule has 0 aliphatic carbocycles. The molecule has 28 heavy (non-hydrogen) atoms. The summed E-state index contributed by atoms with van der Waals surface area (Å²) < 4.78 is 4.95. The molecule has 2 heterocycles. The molecule has 1 aromatic rings. The molecular formula is C18H19N3O6S. The topological polar surface area (TPSA) is 110 Å². The second kappa shape index (κ2) is 8.42. The van der Waals surface area contributed by atoms with E-state index >= 15 is 0 Å². The van der Waals surface area contributed by atoms with Crippen LogP contribution in [-0.4, -0.2) is 58.5 Å². The number of ether oxygens (including phenoxy) is 1. The molecule has 0 aromatic heterocycles. The number of imide groups is 1. The van der Waals surface area contributed by atoms with Crippen LogP contribution in [0.3, 0.4) is 0 Å². The van der Waals surface area contributed by atoms with E-state index in [4.69, 9.17) is 4.74 Å². The average molecular weight is 405 g/mol. The number of nitrogens with zero attached hydrogens (tertiary/aromatic N) is 3. The second-order valence-corrected chi connectivity index (χ2v) is 7.39. The molecule has 2 fully saturated rings. The number of amides is 3. The van der Waals surface area contributed by atoms with Crippen molar-refractivity contribution in [1.82, 2.24) is 9.80 Å². The van der Waals surface area contributed by atoms with E-state index < -0.39 is 16.1 Å². The van der Waals surface area contributed by atoms with E-state index in [1.165, 1.54) is 25.3 Å². The lowest BCUT2D eigenvalue weighted by Crippen LogP contribution is -2.44. The van der Waals surface area contributed by atoms with Crippen LogP contribution in [0.5, 0.6) is 5.75 Å². The molecule has 10 heteroatoms. The number of methoxy groups -OCH3 is 1. The van der Waals surface area contributed by atoms with Gasteiger partial charge in [-0.05, 0) is 48.7 Å². The van der Waals surface area contributed by atoms with Crippen molar-refractivity contribution in [2.75, 3.05) is 26.7 Å². The minimum Gasteiger partial charge on any atom is -0.490 e. The van der Waals surface area contributed by atoms with E-state index in [0.29, 0.717) is 30.4 Å². The first-order valence-corrected chi connectivity index (χ1v) is 9.58. The van der Waals surface area contributed by atoms with E-state index in [2.05, 4.69) is 0 Å². The predicted octanol–water partition coefficient (Wildman–Crippen LogP) is 2.65. The first-order chi connectivity index (χ1) is 13.4. The Labute approximate surface area is 165 Å². The van der Waals surface area contributed by atoms with E-state index in [0.717, 1.165) is 24.2 Å². The normalized spacial score (nSPS) is 18.7. The summed E-state index contributed by atoms with van der Waals surface area (Å²) in [6, 6.07) is 4.25. The Balaban J connectivity index is 1.76. The largest absolute Gasteiger partial charge is 0.490 e. The fraction of sp³-hybridized carbons (Fsp3) is 0.389. The molecule has 2 aliphatic heterocycles. The van der Waals surface area contributed by atoms with Crippen molar-refractivity contribution >= 4 is 40.6 Å². The molecule has 148 valence electrons. The van der Waals surface area contributed by atoms with Gasteiger partial charge < -0.3 is 9.64 Å². The lowest BCUT2D eigenvalue weighted by molar-refractivity contribution is -0.385. The molecule has 0 radical (unpaired) electrons. The monoisotopic (exact) mass is 405 g/mol. The highest BCUT2D eigenvalue weighted by Crippen LogP contribution is 2.34. The third-order valence-electron chi connectivity index (χ3n) is 4.57. The maximum Gasteiger partial charge on any atom is 0.311 e. The van der Waals surface area contributed by atoms with Gasteiger partial charge in [0.2, 0.25) is 5.91 Å². The number of thioether (sulfide) groups is 1. The number of rotatable bonds is 5. The highest BCUT2D eigenvalue weighted by Gasteiger charge is 2.37. The first-order valence-electron chi connectivity index (χ1n) is 8.76. The molecule has 0 atom stereocenters. The van der Waals surface area contributed by atoms with Crippen molar-refractivity contribution in [3.05, 3.63) is 38.8 Å². The quantitative estimate of drug-likeness (QED) is 0.421. The fourth-order valence-electron chi connectivity index (χ4n) is 3.11. The van der Waals surface area contributed by atoms with Crippen molar-refractivity contribution in [2.45, 2.75) is 19.3 Å². The lowest BCUT2D eigenvalue weighted by Gasteiger charge is -2.27. The molecule has 0 saturated carbocycles. The predicted molar refractivity (Wildman–Crippen MR) is 103 cm³/mol. The lowest BCUT2D eigenvalue weighted by atomic mass is 10.1. The molecule has 0 bridgehead atoms. The van der Waals surface area contributed by atoms with E-state index in [1.807, 2.05) is 0 Å². The zero-order valence-electron chi connectivity index (χ0n) is 15.3. The number of nitro benzene ring substituents is 1. The Kier molecular flexibility index (Phi) is 5.98. The summed E-state index contributed by atoms with van der Waals surface area (Å²) in [4.78, 5) is 50.4. The number of benzene rings is 1. The Hall–Kier alpha value is -2.88. The van der Waals surface area contributed by atoms with Crippen LogP contribution in [0.25, 0.3) is 6.08 Å². The summed E-state index contributed by atoms with van der Waals surface area (Å²) in [5.41, 5.74) is 0.149. The Morgan fingerprint density at radius 3 is 2.64 bits per heavy atom. The highest BCUT2D eigenvalue weighted by atomic mass is 32.2. The molecule has 0 N–H and O–H groups in total. The average Bonchev–Trinajstić information content (AvgIpc) is 2.95. The Bertz CT molecular complexity index is 863. The van der Waals surface area contributed by atoms with Crippen molar-refractivity contribution in [1.29, 1.82) is 0 Å². The smallest absolute Gasteiger partial charge is 0.311 e. The molecule has 0 unspecified atom stereocenters. The fourth-order valence-corrected chi connectivity index (χ4v) is 3.94. The highest BCUT2D eigenvalue weighted by molar-refractivity contribution is 8.18. The number of likely N-dealkylation sites (tertiary alicyclic amines) is 1. The number of nitro groups is 1. The second-order valence-electron chi connectivity index (χ2n) is 6.40. The van der Waals surface area contributed by atoms with Gasteiger partial charge in [-0.1, -0.05) is 6.07 Å². The standard InChI is InChI=1S/C18H19N3O6S/c1-27-14-6-5-12(9-13(14)21(25)26)10-15-17(23)20(18(24)28-15)11-16(22)19-7-3-2-4-8-19/h5-6,9-10H,2-4,7-8,11H2,1H3/b15-10+. The summed E-state index contributed by atoms with van der Waals surface area (Å²) in [6.45, 7) is 0.992. The number of carbonyl (C=O) groups is 3. The molecule has 2 saturated heterocycles. The van der Waals surface area contributed by atoms with Gasteiger partial charge in [0.1, 0.15) is 6.54 Å². The maximum absolute atomic E-state index is 12.6. The maximum atomic E-state index is 12.6. The van der Waals surface area contributed by atoms with Crippen molar-refractivity contribution < 1.29 is 24.0 Å². The summed E-state index contributed by atoms with van der Waals surface area (Å²) in [7, 11) is 1.33. The minimum absolute atomic E-state index is 0.0994. The van der Waals surface area contributed by atoms with Gasteiger partial charge in [-0.25, -0.2) is 0 Å². The van der Waals surface area contributed by atoms with Gasteiger partial charge >= 0.3 is 5.69 Å². The van der Waals surface area contributed by atoms with Crippen LogP contribution in [0, 0.1) is 10.1 Å².